The SMILES string of the molecule is Cc1c(CNC(=O)N2CCCC2c2noc(C(C)C)n2)oc2ccccc12. The first-order valence-corrected chi connectivity index (χ1v) is 9.39. The number of furan rings is 1. The first-order chi connectivity index (χ1) is 13.0. The second-order valence-electron chi connectivity index (χ2n) is 7.30. The molecule has 0 spiro atoms. The van der Waals surface area contributed by atoms with Gasteiger partial charge in [-0.05, 0) is 25.8 Å². The van der Waals surface area contributed by atoms with Crippen LogP contribution in [-0.4, -0.2) is 27.6 Å². The molecular weight excluding hydrogens is 344 g/mol. The second-order valence-corrected chi connectivity index (χ2v) is 7.30. The average molecular weight is 368 g/mol. The maximum atomic E-state index is 12.8. The van der Waals surface area contributed by atoms with Crippen LogP contribution in [0.2, 0.25) is 0 Å². The smallest absolute Gasteiger partial charge is 0.318 e. The summed E-state index contributed by atoms with van der Waals surface area (Å²) in [5.74, 6) is 2.15. The molecule has 1 aliphatic rings. The number of para-hydroxylation sites is 1. The van der Waals surface area contributed by atoms with Crippen LogP contribution >= 0.6 is 0 Å². The van der Waals surface area contributed by atoms with Crippen molar-refractivity contribution in [1.29, 1.82) is 0 Å². The van der Waals surface area contributed by atoms with Crippen LogP contribution in [0.5, 0.6) is 0 Å². The fraction of sp³-hybridized carbons (Fsp3) is 0.450. The summed E-state index contributed by atoms with van der Waals surface area (Å²) in [4.78, 5) is 19.0. The summed E-state index contributed by atoms with van der Waals surface area (Å²) in [6.07, 6.45) is 1.77. The lowest BCUT2D eigenvalue weighted by Crippen LogP contribution is -2.39. The van der Waals surface area contributed by atoms with Crippen LogP contribution in [0.25, 0.3) is 11.0 Å². The number of urea groups is 1. The topological polar surface area (TPSA) is 84.4 Å². The lowest BCUT2D eigenvalue weighted by molar-refractivity contribution is 0.188. The lowest BCUT2D eigenvalue weighted by atomic mass is 10.1. The molecule has 142 valence electrons. The molecule has 1 unspecified atom stereocenters. The van der Waals surface area contributed by atoms with Gasteiger partial charge in [0, 0.05) is 23.4 Å². The van der Waals surface area contributed by atoms with Crippen LogP contribution < -0.4 is 5.32 Å². The minimum atomic E-state index is -0.141. The Kier molecular flexibility index (Phi) is 4.59. The Hall–Kier alpha value is -2.83. The summed E-state index contributed by atoms with van der Waals surface area (Å²) in [6.45, 7) is 7.06. The summed E-state index contributed by atoms with van der Waals surface area (Å²) >= 11 is 0. The highest BCUT2D eigenvalue weighted by molar-refractivity contribution is 5.82. The number of likely N-dealkylation sites (tertiary alicyclic amines) is 1. The molecule has 27 heavy (non-hydrogen) atoms. The molecule has 0 aliphatic carbocycles. The fourth-order valence-electron chi connectivity index (χ4n) is 3.55. The van der Waals surface area contributed by atoms with E-state index in [2.05, 4.69) is 15.5 Å². The van der Waals surface area contributed by atoms with Crippen molar-refractivity contribution in [3.8, 4) is 0 Å². The Morgan fingerprint density at radius 2 is 2.19 bits per heavy atom. The van der Waals surface area contributed by atoms with Crippen molar-refractivity contribution in [3.63, 3.8) is 0 Å². The van der Waals surface area contributed by atoms with Crippen LogP contribution in [0.15, 0.2) is 33.2 Å². The molecule has 7 heteroatoms. The maximum absolute atomic E-state index is 12.8. The number of benzene rings is 1. The van der Waals surface area contributed by atoms with Crippen LogP contribution in [0.3, 0.4) is 0 Å². The molecule has 4 rings (SSSR count). The summed E-state index contributed by atoms with van der Waals surface area (Å²) in [5, 5.41) is 8.14. The van der Waals surface area contributed by atoms with Gasteiger partial charge in [-0.1, -0.05) is 37.2 Å². The van der Waals surface area contributed by atoms with Crippen molar-refractivity contribution < 1.29 is 13.7 Å². The van der Waals surface area contributed by atoms with E-state index >= 15 is 0 Å². The molecule has 2 aromatic heterocycles. The van der Waals surface area contributed by atoms with Gasteiger partial charge in [0.05, 0.1) is 12.6 Å². The van der Waals surface area contributed by atoms with Gasteiger partial charge < -0.3 is 19.2 Å². The molecule has 1 fully saturated rings. The maximum Gasteiger partial charge on any atom is 0.318 e. The summed E-state index contributed by atoms with van der Waals surface area (Å²) < 4.78 is 11.2. The number of nitrogens with zero attached hydrogens (tertiary/aromatic N) is 3. The van der Waals surface area contributed by atoms with E-state index in [-0.39, 0.29) is 18.0 Å². The Morgan fingerprint density at radius 3 is 2.93 bits per heavy atom. The van der Waals surface area contributed by atoms with Gasteiger partial charge in [0.25, 0.3) is 0 Å². The highest BCUT2D eigenvalue weighted by Crippen LogP contribution is 2.31. The standard InChI is InChI=1S/C20H24N4O3/c1-12(2)19-22-18(23-27-19)15-8-6-10-24(15)20(25)21-11-17-13(3)14-7-4-5-9-16(14)26-17/h4-5,7,9,12,15H,6,8,10-11H2,1-3H3,(H,21,25). The number of carbonyl (C=O) groups is 1. The van der Waals surface area contributed by atoms with Gasteiger partial charge in [0.1, 0.15) is 11.3 Å². The molecule has 0 saturated carbocycles. The number of hydrogen-bond donors (Lipinski definition) is 1. The third-order valence-electron chi connectivity index (χ3n) is 5.11. The van der Waals surface area contributed by atoms with Crippen LogP contribution in [-0.2, 0) is 6.54 Å². The number of carbonyl (C=O) groups excluding carboxylic acids is 1. The first-order valence-electron chi connectivity index (χ1n) is 9.39. The van der Waals surface area contributed by atoms with Crippen molar-refractivity contribution in [2.45, 2.75) is 52.1 Å². The third-order valence-corrected chi connectivity index (χ3v) is 5.11. The zero-order chi connectivity index (χ0) is 19.0. The lowest BCUT2D eigenvalue weighted by Gasteiger charge is -2.22. The van der Waals surface area contributed by atoms with Gasteiger partial charge in [0.15, 0.2) is 5.82 Å². The molecule has 1 N–H and O–H groups in total. The zero-order valence-corrected chi connectivity index (χ0v) is 15.9. The molecule has 7 nitrogen and oxygen atoms in total. The van der Waals surface area contributed by atoms with E-state index in [1.54, 1.807) is 4.90 Å². The molecule has 3 heterocycles. The van der Waals surface area contributed by atoms with E-state index in [0.717, 1.165) is 35.1 Å². The number of hydrogen-bond acceptors (Lipinski definition) is 5. The van der Waals surface area contributed by atoms with E-state index in [0.29, 0.717) is 24.8 Å². The summed E-state index contributed by atoms with van der Waals surface area (Å²) in [5.41, 5.74) is 1.90. The molecule has 1 aliphatic heterocycles. The van der Waals surface area contributed by atoms with Gasteiger partial charge >= 0.3 is 6.03 Å². The van der Waals surface area contributed by atoms with Crippen LogP contribution in [0.1, 0.15) is 61.7 Å². The van der Waals surface area contributed by atoms with Crippen LogP contribution in [0.4, 0.5) is 4.79 Å². The van der Waals surface area contributed by atoms with E-state index in [1.807, 2.05) is 45.0 Å². The predicted octanol–water partition coefficient (Wildman–Crippen LogP) is 4.29. The molecule has 0 bridgehead atoms. The number of aromatic nitrogens is 2. The average Bonchev–Trinajstić information content (AvgIpc) is 3.38. The quantitative estimate of drug-likeness (QED) is 0.742. The van der Waals surface area contributed by atoms with Gasteiger partial charge in [-0.3, -0.25) is 0 Å². The molecular formula is C20H24N4O3. The van der Waals surface area contributed by atoms with E-state index in [4.69, 9.17) is 8.94 Å². The van der Waals surface area contributed by atoms with Gasteiger partial charge in [-0.25, -0.2) is 4.79 Å². The fourth-order valence-corrected chi connectivity index (χ4v) is 3.55. The van der Waals surface area contributed by atoms with Crippen LogP contribution in [0, 0.1) is 6.92 Å². The molecule has 0 radical (unpaired) electrons. The normalized spacial score (nSPS) is 17.2. The molecule has 1 atom stereocenters. The van der Waals surface area contributed by atoms with Crippen molar-refractivity contribution in [2.75, 3.05) is 6.54 Å². The monoisotopic (exact) mass is 368 g/mol. The second kappa shape index (κ2) is 7.06. The van der Waals surface area contributed by atoms with Crippen molar-refractivity contribution in [1.82, 2.24) is 20.4 Å². The Morgan fingerprint density at radius 1 is 1.37 bits per heavy atom. The highest BCUT2D eigenvalue weighted by Gasteiger charge is 2.33. The zero-order valence-electron chi connectivity index (χ0n) is 15.9. The third kappa shape index (κ3) is 3.29. The minimum absolute atomic E-state index is 0.131. The molecule has 1 aromatic carbocycles. The number of aryl methyl sites for hydroxylation is 1. The molecule has 3 aromatic rings. The van der Waals surface area contributed by atoms with Gasteiger partial charge in [-0.15, -0.1) is 0 Å². The Balaban J connectivity index is 1.45. The molecule has 2 amide bonds. The summed E-state index contributed by atoms with van der Waals surface area (Å²) in [7, 11) is 0. The Bertz CT molecular complexity index is 959. The van der Waals surface area contributed by atoms with Crippen molar-refractivity contribution >= 4 is 17.0 Å². The number of nitrogens with one attached hydrogen (secondary N) is 1. The first kappa shape index (κ1) is 17.6. The highest BCUT2D eigenvalue weighted by atomic mass is 16.5. The largest absolute Gasteiger partial charge is 0.459 e. The molecule has 1 saturated heterocycles. The van der Waals surface area contributed by atoms with Crippen molar-refractivity contribution in [3.05, 3.63) is 47.3 Å². The van der Waals surface area contributed by atoms with E-state index < -0.39 is 0 Å². The predicted molar refractivity (Wildman–Crippen MR) is 100 cm³/mol. The van der Waals surface area contributed by atoms with E-state index in [9.17, 15) is 4.79 Å². The number of fused-ring (bicyclic) bond motifs is 1. The number of amides is 2. The summed E-state index contributed by atoms with van der Waals surface area (Å²) in [6, 6.07) is 7.62. The minimum Gasteiger partial charge on any atom is -0.459 e. The van der Waals surface area contributed by atoms with Crippen molar-refractivity contribution in [2.24, 2.45) is 0 Å². The number of rotatable bonds is 4. The van der Waals surface area contributed by atoms with Gasteiger partial charge in [0.2, 0.25) is 5.89 Å². The Labute approximate surface area is 157 Å². The van der Waals surface area contributed by atoms with Gasteiger partial charge in [-0.2, -0.15) is 4.98 Å². The van der Waals surface area contributed by atoms with E-state index in [1.165, 1.54) is 0 Å².